The number of urea groups is 1. The van der Waals surface area contributed by atoms with Gasteiger partial charge < -0.3 is 15.3 Å². The molecule has 2 atom stereocenters. The first-order valence-electron chi connectivity index (χ1n) is 8.06. The number of carbonyl (C=O) groups excluding carboxylic acids is 1. The quantitative estimate of drug-likeness (QED) is 0.841. The molecular weight excluding hydrogens is 268 g/mol. The summed E-state index contributed by atoms with van der Waals surface area (Å²) < 4.78 is 0. The average Bonchev–Trinajstić information content (AvgIpc) is 2.86. The number of hydrogen-bond acceptors (Lipinski definition) is 2. The zero-order valence-corrected chi connectivity index (χ0v) is 13.4. The third-order valence-corrected chi connectivity index (χ3v) is 5.32. The topological polar surface area (TPSA) is 69.6 Å². The maximum absolute atomic E-state index is 12.3. The van der Waals surface area contributed by atoms with E-state index in [2.05, 4.69) is 19.2 Å². The number of aliphatic carboxylic acids is 1. The molecule has 2 aliphatic rings. The lowest BCUT2D eigenvalue weighted by molar-refractivity contribution is -0.142. The number of amides is 2. The van der Waals surface area contributed by atoms with Crippen molar-refractivity contribution in [1.29, 1.82) is 0 Å². The lowest BCUT2D eigenvalue weighted by Crippen LogP contribution is -2.50. The largest absolute Gasteiger partial charge is 0.481 e. The summed E-state index contributed by atoms with van der Waals surface area (Å²) in [7, 11) is 1.84. The Balaban J connectivity index is 1.87. The van der Waals surface area contributed by atoms with Gasteiger partial charge in [0.15, 0.2) is 0 Å². The zero-order chi connectivity index (χ0) is 15.6. The Bertz CT molecular complexity index is 398. The van der Waals surface area contributed by atoms with Crippen LogP contribution in [0.4, 0.5) is 4.79 Å². The van der Waals surface area contributed by atoms with Gasteiger partial charge in [-0.2, -0.15) is 0 Å². The minimum absolute atomic E-state index is 0.113. The first-order valence-corrected chi connectivity index (χ1v) is 8.06. The van der Waals surface area contributed by atoms with Crippen LogP contribution in [0.1, 0.15) is 58.8 Å². The normalized spacial score (nSPS) is 29.1. The Hall–Kier alpha value is -1.26. The molecule has 2 fully saturated rings. The second kappa shape index (κ2) is 6.24. The third-order valence-electron chi connectivity index (χ3n) is 5.32. The molecule has 0 aromatic heterocycles. The van der Waals surface area contributed by atoms with Crippen LogP contribution in [-0.2, 0) is 4.79 Å². The van der Waals surface area contributed by atoms with E-state index in [1.54, 1.807) is 4.90 Å². The van der Waals surface area contributed by atoms with Gasteiger partial charge in [0.25, 0.3) is 0 Å². The fraction of sp³-hybridized carbons (Fsp3) is 0.875. The van der Waals surface area contributed by atoms with E-state index >= 15 is 0 Å². The summed E-state index contributed by atoms with van der Waals surface area (Å²) in [4.78, 5) is 25.3. The molecule has 2 saturated carbocycles. The number of carboxylic acids is 1. The van der Waals surface area contributed by atoms with Crippen molar-refractivity contribution >= 4 is 12.0 Å². The maximum atomic E-state index is 12.3. The predicted octanol–water partition coefficient (Wildman–Crippen LogP) is 2.85. The Labute approximate surface area is 127 Å². The minimum Gasteiger partial charge on any atom is -0.481 e. The third kappa shape index (κ3) is 3.89. The number of nitrogens with one attached hydrogen (secondary N) is 1. The van der Waals surface area contributed by atoms with E-state index in [4.69, 9.17) is 0 Å². The van der Waals surface area contributed by atoms with Gasteiger partial charge in [-0.3, -0.25) is 4.79 Å². The molecule has 0 radical (unpaired) electrons. The van der Waals surface area contributed by atoms with Crippen molar-refractivity contribution in [2.24, 2.45) is 11.3 Å². The van der Waals surface area contributed by atoms with Crippen LogP contribution in [0.15, 0.2) is 0 Å². The summed E-state index contributed by atoms with van der Waals surface area (Å²) in [5.74, 6) is -1.22. The Morgan fingerprint density at radius 3 is 2.33 bits per heavy atom. The van der Waals surface area contributed by atoms with Crippen LogP contribution in [0, 0.1) is 11.3 Å². The van der Waals surface area contributed by atoms with Crippen molar-refractivity contribution in [3.05, 3.63) is 0 Å². The van der Waals surface area contributed by atoms with E-state index in [9.17, 15) is 14.7 Å². The van der Waals surface area contributed by atoms with Crippen molar-refractivity contribution in [2.75, 3.05) is 7.05 Å². The molecule has 21 heavy (non-hydrogen) atoms. The minimum atomic E-state index is -0.792. The van der Waals surface area contributed by atoms with Crippen LogP contribution >= 0.6 is 0 Å². The predicted molar refractivity (Wildman–Crippen MR) is 81.1 cm³/mol. The smallest absolute Gasteiger partial charge is 0.317 e. The molecule has 5 heteroatoms. The van der Waals surface area contributed by atoms with E-state index in [0.29, 0.717) is 11.8 Å². The molecule has 2 N–H and O–H groups in total. The van der Waals surface area contributed by atoms with Gasteiger partial charge in [-0.1, -0.05) is 20.3 Å². The number of nitrogens with zero attached hydrogens (tertiary/aromatic N) is 1. The van der Waals surface area contributed by atoms with Crippen LogP contribution in [0.2, 0.25) is 0 Å². The van der Waals surface area contributed by atoms with Crippen molar-refractivity contribution in [1.82, 2.24) is 10.2 Å². The van der Waals surface area contributed by atoms with E-state index in [-0.39, 0.29) is 18.1 Å². The highest BCUT2D eigenvalue weighted by atomic mass is 16.4. The summed E-state index contributed by atoms with van der Waals surface area (Å²) in [5.41, 5.74) is 0.383. The second-order valence-electron chi connectivity index (χ2n) is 7.44. The van der Waals surface area contributed by atoms with Crippen LogP contribution in [0.25, 0.3) is 0 Å². The van der Waals surface area contributed by atoms with Gasteiger partial charge in [-0.15, -0.1) is 0 Å². The van der Waals surface area contributed by atoms with Gasteiger partial charge in [-0.05, 0) is 43.9 Å². The van der Waals surface area contributed by atoms with E-state index in [0.717, 1.165) is 38.5 Å². The van der Waals surface area contributed by atoms with E-state index in [1.807, 2.05) is 7.05 Å². The first kappa shape index (κ1) is 16.1. The van der Waals surface area contributed by atoms with Gasteiger partial charge in [0.05, 0.1) is 5.92 Å². The number of carbonyl (C=O) groups is 2. The van der Waals surface area contributed by atoms with Gasteiger partial charge in [0, 0.05) is 19.1 Å². The lowest BCUT2D eigenvalue weighted by Gasteiger charge is -2.39. The van der Waals surface area contributed by atoms with Gasteiger partial charge in [0.1, 0.15) is 0 Å². The van der Waals surface area contributed by atoms with E-state index in [1.165, 1.54) is 0 Å². The molecule has 0 saturated heterocycles. The standard InChI is InChI=1S/C16H28N2O3/c1-16(2)9-7-11(8-10-16)18(3)15(21)17-13-6-4-5-12(13)14(19)20/h11-13H,4-10H2,1-3H3,(H,17,21)(H,19,20). The van der Waals surface area contributed by atoms with Crippen molar-refractivity contribution in [3.63, 3.8) is 0 Å². The second-order valence-corrected chi connectivity index (χ2v) is 7.44. The molecule has 2 amide bonds. The summed E-state index contributed by atoms with van der Waals surface area (Å²) in [6, 6.07) is -0.0435. The van der Waals surface area contributed by atoms with Crippen LogP contribution < -0.4 is 5.32 Å². The molecule has 120 valence electrons. The SMILES string of the molecule is CN(C(=O)NC1CCCC1C(=O)O)C1CCC(C)(C)CC1. The maximum Gasteiger partial charge on any atom is 0.317 e. The average molecular weight is 296 g/mol. The molecule has 0 aliphatic heterocycles. The Kier molecular flexibility index (Phi) is 4.79. The van der Waals surface area contributed by atoms with Crippen LogP contribution in [0.3, 0.4) is 0 Å². The molecular formula is C16H28N2O3. The summed E-state index contributed by atoms with van der Waals surface area (Å²) in [6.45, 7) is 4.55. The molecule has 2 rings (SSSR count). The fourth-order valence-corrected chi connectivity index (χ4v) is 3.63. The number of rotatable bonds is 3. The molecule has 0 spiro atoms. The van der Waals surface area contributed by atoms with E-state index < -0.39 is 11.9 Å². The molecule has 2 aliphatic carbocycles. The Morgan fingerprint density at radius 1 is 1.14 bits per heavy atom. The van der Waals surface area contributed by atoms with Crippen molar-refractivity contribution in [3.8, 4) is 0 Å². The number of hydrogen-bond donors (Lipinski definition) is 2. The molecule has 0 aromatic carbocycles. The summed E-state index contributed by atoms with van der Waals surface area (Å²) in [5, 5.41) is 12.1. The van der Waals surface area contributed by atoms with Gasteiger partial charge >= 0.3 is 12.0 Å². The lowest BCUT2D eigenvalue weighted by atomic mass is 9.75. The highest BCUT2D eigenvalue weighted by Gasteiger charge is 2.36. The molecule has 0 heterocycles. The van der Waals surface area contributed by atoms with Crippen LogP contribution in [-0.4, -0.2) is 41.1 Å². The summed E-state index contributed by atoms with van der Waals surface area (Å²) >= 11 is 0. The first-order chi connectivity index (χ1) is 9.80. The number of carboxylic acid groups (broad SMARTS) is 1. The van der Waals surface area contributed by atoms with Gasteiger partial charge in [0.2, 0.25) is 0 Å². The Morgan fingerprint density at radius 2 is 1.76 bits per heavy atom. The highest BCUT2D eigenvalue weighted by Crippen LogP contribution is 2.36. The summed E-state index contributed by atoms with van der Waals surface area (Å²) in [6.07, 6.45) is 6.65. The van der Waals surface area contributed by atoms with Crippen molar-refractivity contribution < 1.29 is 14.7 Å². The molecule has 5 nitrogen and oxygen atoms in total. The highest BCUT2D eigenvalue weighted by molar-refractivity contribution is 5.77. The zero-order valence-electron chi connectivity index (χ0n) is 13.4. The van der Waals surface area contributed by atoms with Crippen molar-refractivity contribution in [2.45, 2.75) is 70.9 Å². The monoisotopic (exact) mass is 296 g/mol. The van der Waals surface area contributed by atoms with Gasteiger partial charge in [-0.25, -0.2) is 4.79 Å². The molecule has 0 aromatic rings. The molecule has 2 unspecified atom stereocenters. The van der Waals surface area contributed by atoms with Crippen LogP contribution in [0.5, 0.6) is 0 Å². The molecule has 0 bridgehead atoms. The fourth-order valence-electron chi connectivity index (χ4n) is 3.63.